The minimum atomic E-state index is -0.103. The summed E-state index contributed by atoms with van der Waals surface area (Å²) in [4.78, 5) is 17.4. The average molecular weight is 302 g/mol. The number of imidazole rings is 1. The fraction of sp³-hybridized carbons (Fsp3) is 0.286. The zero-order valence-corrected chi connectivity index (χ0v) is 11.9. The SMILES string of the molecule is Clc1nc2cnc(-c3ccccn3)nc2n1C1CCCO1. The molecule has 0 amide bonds. The van der Waals surface area contributed by atoms with E-state index in [4.69, 9.17) is 16.3 Å². The van der Waals surface area contributed by atoms with E-state index in [1.165, 1.54) is 0 Å². The summed E-state index contributed by atoms with van der Waals surface area (Å²) in [6.45, 7) is 0.735. The van der Waals surface area contributed by atoms with E-state index in [1.807, 2.05) is 22.8 Å². The predicted molar refractivity (Wildman–Crippen MR) is 77.8 cm³/mol. The van der Waals surface area contributed by atoms with Crippen LogP contribution in [0, 0.1) is 0 Å². The molecule has 3 aromatic heterocycles. The number of hydrogen-bond acceptors (Lipinski definition) is 5. The van der Waals surface area contributed by atoms with Gasteiger partial charge in [-0.2, -0.15) is 0 Å². The van der Waals surface area contributed by atoms with E-state index in [0.717, 1.165) is 25.1 Å². The highest BCUT2D eigenvalue weighted by atomic mass is 35.5. The van der Waals surface area contributed by atoms with Gasteiger partial charge in [-0.1, -0.05) is 6.07 Å². The van der Waals surface area contributed by atoms with Crippen LogP contribution in [0.2, 0.25) is 5.28 Å². The topological polar surface area (TPSA) is 65.7 Å². The molecule has 1 fully saturated rings. The normalized spacial score (nSPS) is 18.4. The van der Waals surface area contributed by atoms with Gasteiger partial charge in [0.1, 0.15) is 17.4 Å². The third-order valence-corrected chi connectivity index (χ3v) is 3.74. The molecule has 7 heteroatoms. The molecule has 0 radical (unpaired) electrons. The quantitative estimate of drug-likeness (QED) is 0.681. The van der Waals surface area contributed by atoms with Crippen molar-refractivity contribution in [2.75, 3.05) is 6.61 Å². The van der Waals surface area contributed by atoms with Gasteiger partial charge in [0.15, 0.2) is 11.5 Å². The lowest BCUT2D eigenvalue weighted by molar-refractivity contribution is 0.0595. The van der Waals surface area contributed by atoms with E-state index in [0.29, 0.717) is 22.3 Å². The number of pyridine rings is 1. The van der Waals surface area contributed by atoms with Crippen LogP contribution in [0.25, 0.3) is 22.7 Å². The average Bonchev–Trinajstić information content (AvgIpc) is 3.13. The van der Waals surface area contributed by atoms with E-state index in [9.17, 15) is 0 Å². The molecule has 0 aliphatic carbocycles. The first-order valence-corrected chi connectivity index (χ1v) is 7.14. The third kappa shape index (κ3) is 2.16. The molecule has 0 saturated carbocycles. The van der Waals surface area contributed by atoms with Crippen molar-refractivity contribution in [1.82, 2.24) is 24.5 Å². The van der Waals surface area contributed by atoms with Crippen molar-refractivity contribution in [3.05, 3.63) is 35.9 Å². The molecule has 1 aliphatic heterocycles. The fourth-order valence-electron chi connectivity index (χ4n) is 2.50. The van der Waals surface area contributed by atoms with Gasteiger partial charge < -0.3 is 4.74 Å². The monoisotopic (exact) mass is 301 g/mol. The van der Waals surface area contributed by atoms with Crippen LogP contribution in [0.15, 0.2) is 30.6 Å². The Morgan fingerprint density at radius 1 is 1.24 bits per heavy atom. The molecule has 1 aliphatic rings. The molecule has 106 valence electrons. The Morgan fingerprint density at radius 2 is 2.19 bits per heavy atom. The standard InChI is InChI=1S/C14H12ClN5O/c15-14-18-10-8-17-12(9-4-1-2-6-16-9)19-13(10)20(14)11-5-3-7-21-11/h1-2,4,6,8,11H,3,5,7H2. The summed E-state index contributed by atoms with van der Waals surface area (Å²) in [5.74, 6) is 0.555. The zero-order chi connectivity index (χ0) is 14.2. The molecule has 1 atom stereocenters. The highest BCUT2D eigenvalue weighted by Gasteiger charge is 2.24. The van der Waals surface area contributed by atoms with Gasteiger partial charge in [0.2, 0.25) is 5.28 Å². The Labute approximate surface area is 125 Å². The van der Waals surface area contributed by atoms with Crippen molar-refractivity contribution in [2.24, 2.45) is 0 Å². The summed E-state index contributed by atoms with van der Waals surface area (Å²) in [7, 11) is 0. The first-order chi connectivity index (χ1) is 10.3. The minimum Gasteiger partial charge on any atom is -0.358 e. The second kappa shape index (κ2) is 5.05. The molecule has 1 unspecified atom stereocenters. The molecule has 1 saturated heterocycles. The van der Waals surface area contributed by atoms with E-state index in [-0.39, 0.29) is 6.23 Å². The number of ether oxygens (including phenoxy) is 1. The third-order valence-electron chi connectivity index (χ3n) is 3.48. The maximum Gasteiger partial charge on any atom is 0.207 e. The van der Waals surface area contributed by atoms with E-state index in [1.54, 1.807) is 12.4 Å². The minimum absolute atomic E-state index is 0.103. The second-order valence-electron chi connectivity index (χ2n) is 4.84. The molecular weight excluding hydrogens is 290 g/mol. The summed E-state index contributed by atoms with van der Waals surface area (Å²) < 4.78 is 7.53. The number of rotatable bonds is 2. The van der Waals surface area contributed by atoms with Crippen molar-refractivity contribution >= 4 is 22.8 Å². The van der Waals surface area contributed by atoms with Crippen LogP contribution in [0.4, 0.5) is 0 Å². The number of fused-ring (bicyclic) bond motifs is 1. The Kier molecular flexibility index (Phi) is 3.05. The van der Waals surface area contributed by atoms with Crippen LogP contribution in [-0.2, 0) is 4.74 Å². The van der Waals surface area contributed by atoms with Crippen LogP contribution >= 0.6 is 11.6 Å². The lowest BCUT2D eigenvalue weighted by Crippen LogP contribution is -2.08. The maximum absolute atomic E-state index is 6.23. The van der Waals surface area contributed by atoms with Gasteiger partial charge in [-0.3, -0.25) is 9.55 Å². The van der Waals surface area contributed by atoms with Gasteiger partial charge in [0.05, 0.1) is 6.20 Å². The second-order valence-corrected chi connectivity index (χ2v) is 5.17. The number of nitrogens with zero attached hydrogens (tertiary/aromatic N) is 5. The highest BCUT2D eigenvalue weighted by Crippen LogP contribution is 2.30. The van der Waals surface area contributed by atoms with Gasteiger partial charge in [0.25, 0.3) is 0 Å². The van der Waals surface area contributed by atoms with Crippen LogP contribution in [0.3, 0.4) is 0 Å². The van der Waals surface area contributed by atoms with Crippen molar-refractivity contribution in [3.63, 3.8) is 0 Å². The number of aromatic nitrogens is 5. The maximum atomic E-state index is 6.23. The van der Waals surface area contributed by atoms with Gasteiger partial charge in [-0.25, -0.2) is 15.0 Å². The van der Waals surface area contributed by atoms with Crippen LogP contribution in [0.1, 0.15) is 19.1 Å². The largest absolute Gasteiger partial charge is 0.358 e. The van der Waals surface area contributed by atoms with Gasteiger partial charge >= 0.3 is 0 Å². The van der Waals surface area contributed by atoms with Gasteiger partial charge in [-0.15, -0.1) is 0 Å². The van der Waals surface area contributed by atoms with E-state index < -0.39 is 0 Å². The fourth-order valence-corrected chi connectivity index (χ4v) is 2.78. The summed E-state index contributed by atoms with van der Waals surface area (Å²) in [6, 6.07) is 5.63. The molecule has 4 heterocycles. The van der Waals surface area contributed by atoms with Crippen molar-refractivity contribution < 1.29 is 4.74 Å². The summed E-state index contributed by atoms with van der Waals surface area (Å²) in [5.41, 5.74) is 2.06. The smallest absolute Gasteiger partial charge is 0.207 e. The molecular formula is C14H12ClN5O. The molecule has 4 rings (SSSR count). The van der Waals surface area contributed by atoms with Crippen molar-refractivity contribution in [3.8, 4) is 11.5 Å². The lowest BCUT2D eigenvalue weighted by Gasteiger charge is -2.12. The zero-order valence-electron chi connectivity index (χ0n) is 11.1. The Balaban J connectivity index is 1.88. The first-order valence-electron chi connectivity index (χ1n) is 6.76. The molecule has 0 aromatic carbocycles. The molecule has 6 nitrogen and oxygen atoms in total. The van der Waals surface area contributed by atoms with Gasteiger partial charge in [0, 0.05) is 12.8 Å². The predicted octanol–water partition coefficient (Wildman–Crippen LogP) is 2.85. The highest BCUT2D eigenvalue weighted by molar-refractivity contribution is 6.29. The van der Waals surface area contributed by atoms with E-state index >= 15 is 0 Å². The van der Waals surface area contributed by atoms with Crippen molar-refractivity contribution in [2.45, 2.75) is 19.1 Å². The molecule has 0 spiro atoms. The van der Waals surface area contributed by atoms with Gasteiger partial charge in [-0.05, 0) is 36.6 Å². The Hall–Kier alpha value is -2.05. The number of hydrogen-bond donors (Lipinski definition) is 0. The lowest BCUT2D eigenvalue weighted by atomic mass is 10.3. The summed E-state index contributed by atoms with van der Waals surface area (Å²) in [5, 5.41) is 0.379. The Bertz CT molecular complexity index is 783. The van der Waals surface area contributed by atoms with Crippen LogP contribution < -0.4 is 0 Å². The number of halogens is 1. The molecule has 0 bridgehead atoms. The molecule has 0 N–H and O–H groups in total. The summed E-state index contributed by atoms with van der Waals surface area (Å²) in [6.07, 6.45) is 5.21. The molecule has 3 aromatic rings. The van der Waals surface area contributed by atoms with Crippen LogP contribution in [-0.4, -0.2) is 31.1 Å². The van der Waals surface area contributed by atoms with E-state index in [2.05, 4.69) is 19.9 Å². The first kappa shape index (κ1) is 12.7. The Morgan fingerprint density at radius 3 is 2.95 bits per heavy atom. The van der Waals surface area contributed by atoms with Crippen molar-refractivity contribution in [1.29, 1.82) is 0 Å². The van der Waals surface area contributed by atoms with Crippen LogP contribution in [0.5, 0.6) is 0 Å². The summed E-state index contributed by atoms with van der Waals surface area (Å²) >= 11 is 6.23. The molecule has 21 heavy (non-hydrogen) atoms.